The molecule has 1 aliphatic rings. The summed E-state index contributed by atoms with van der Waals surface area (Å²) in [6, 6.07) is 9.94. The Labute approximate surface area is 158 Å². The molecular formula is C18H18BrN5O2. The zero-order chi connectivity index (χ0) is 18.3. The van der Waals surface area contributed by atoms with Gasteiger partial charge in [0.25, 0.3) is 5.56 Å². The van der Waals surface area contributed by atoms with E-state index in [9.17, 15) is 9.59 Å². The minimum absolute atomic E-state index is 0.0128. The fourth-order valence-electron chi connectivity index (χ4n) is 3.19. The van der Waals surface area contributed by atoms with E-state index in [4.69, 9.17) is 0 Å². The van der Waals surface area contributed by atoms with Crippen molar-refractivity contribution in [1.29, 1.82) is 0 Å². The third kappa shape index (κ3) is 3.16. The number of amides is 1. The molecule has 26 heavy (non-hydrogen) atoms. The van der Waals surface area contributed by atoms with Gasteiger partial charge >= 0.3 is 0 Å². The van der Waals surface area contributed by atoms with Crippen molar-refractivity contribution in [2.45, 2.75) is 25.4 Å². The second-order valence-corrected chi connectivity index (χ2v) is 7.34. The lowest BCUT2D eigenvalue weighted by molar-refractivity contribution is -0.122. The number of aromatic nitrogens is 4. The maximum Gasteiger partial charge on any atom is 0.266 e. The van der Waals surface area contributed by atoms with Crippen LogP contribution in [0.25, 0.3) is 11.0 Å². The lowest BCUT2D eigenvalue weighted by atomic mass is 10.0. The first kappa shape index (κ1) is 17.0. The molecule has 2 aromatic heterocycles. The number of rotatable bonds is 5. The number of carbonyl (C=O) groups excluding carboxylic acids is 1. The van der Waals surface area contributed by atoms with Gasteiger partial charge in [0.15, 0.2) is 5.65 Å². The highest BCUT2D eigenvalue weighted by atomic mass is 79.9. The van der Waals surface area contributed by atoms with E-state index in [-0.39, 0.29) is 24.1 Å². The number of carbonyl (C=O) groups is 1. The van der Waals surface area contributed by atoms with E-state index in [2.05, 4.69) is 31.3 Å². The average molecular weight is 416 g/mol. The Bertz CT molecular complexity index is 1020. The second kappa shape index (κ2) is 6.68. The normalized spacial score (nSPS) is 15.2. The third-order valence-corrected chi connectivity index (χ3v) is 5.21. The number of nitrogens with zero attached hydrogens (tertiary/aromatic N) is 4. The van der Waals surface area contributed by atoms with Gasteiger partial charge < -0.3 is 5.32 Å². The molecule has 0 aliphatic heterocycles. The maximum absolute atomic E-state index is 12.7. The van der Waals surface area contributed by atoms with Crippen LogP contribution in [0.15, 0.2) is 46.1 Å². The van der Waals surface area contributed by atoms with Crippen LogP contribution in [0.2, 0.25) is 0 Å². The highest BCUT2D eigenvalue weighted by Crippen LogP contribution is 2.40. The van der Waals surface area contributed by atoms with Crippen molar-refractivity contribution in [3.63, 3.8) is 0 Å². The number of hydrogen-bond acceptors (Lipinski definition) is 4. The molecule has 2 heterocycles. The van der Waals surface area contributed by atoms with Crippen molar-refractivity contribution in [2.24, 2.45) is 13.0 Å². The number of halogens is 1. The van der Waals surface area contributed by atoms with Gasteiger partial charge in [0.2, 0.25) is 5.91 Å². The van der Waals surface area contributed by atoms with Gasteiger partial charge in [0, 0.05) is 7.05 Å². The molecular weight excluding hydrogens is 398 g/mol. The Kier molecular flexibility index (Phi) is 4.36. The highest BCUT2D eigenvalue weighted by molar-refractivity contribution is 9.10. The van der Waals surface area contributed by atoms with Gasteiger partial charge in [-0.05, 0) is 40.3 Å². The van der Waals surface area contributed by atoms with Crippen molar-refractivity contribution < 1.29 is 4.79 Å². The minimum atomic E-state index is -0.284. The van der Waals surface area contributed by atoms with Crippen molar-refractivity contribution in [2.75, 3.05) is 0 Å². The van der Waals surface area contributed by atoms with Crippen molar-refractivity contribution in [3.05, 3.63) is 57.2 Å². The van der Waals surface area contributed by atoms with Gasteiger partial charge in [-0.1, -0.05) is 30.3 Å². The van der Waals surface area contributed by atoms with Gasteiger partial charge in [0.05, 0.1) is 6.04 Å². The predicted octanol–water partition coefficient (Wildman–Crippen LogP) is 2.16. The molecule has 0 radical (unpaired) electrons. The number of aryl methyl sites for hydroxylation is 1. The highest BCUT2D eigenvalue weighted by Gasteiger charge is 2.33. The summed E-state index contributed by atoms with van der Waals surface area (Å²) in [6.45, 7) is -0.0703. The van der Waals surface area contributed by atoms with E-state index in [1.54, 1.807) is 7.05 Å². The quantitative estimate of drug-likeness (QED) is 0.691. The first-order valence-corrected chi connectivity index (χ1v) is 9.26. The van der Waals surface area contributed by atoms with Crippen LogP contribution < -0.4 is 10.9 Å². The van der Waals surface area contributed by atoms with Gasteiger partial charge in [0.1, 0.15) is 22.9 Å². The standard InChI is InChI=1S/C18H18BrN5O2/c1-23-17-14(16(19)22-23)18(26)24(10-20-17)9-13(25)21-15(12-7-8-12)11-5-3-2-4-6-11/h2-6,10,12,15H,7-9H2,1H3,(H,21,25). The molecule has 134 valence electrons. The number of hydrogen-bond donors (Lipinski definition) is 1. The Balaban J connectivity index is 1.56. The summed E-state index contributed by atoms with van der Waals surface area (Å²) in [5.74, 6) is 0.264. The molecule has 1 N–H and O–H groups in total. The van der Waals surface area contributed by atoms with Gasteiger partial charge in [-0.3, -0.25) is 14.2 Å². The molecule has 0 saturated heterocycles. The topological polar surface area (TPSA) is 81.8 Å². The fourth-order valence-corrected chi connectivity index (χ4v) is 3.77. The third-order valence-electron chi connectivity index (χ3n) is 4.65. The van der Waals surface area contributed by atoms with E-state index < -0.39 is 0 Å². The van der Waals surface area contributed by atoms with E-state index in [0.29, 0.717) is 21.6 Å². The van der Waals surface area contributed by atoms with Gasteiger partial charge in [-0.15, -0.1) is 0 Å². The summed E-state index contributed by atoms with van der Waals surface area (Å²) in [6.07, 6.45) is 3.61. The summed E-state index contributed by atoms with van der Waals surface area (Å²) in [7, 11) is 1.72. The summed E-state index contributed by atoms with van der Waals surface area (Å²) in [5.41, 5.74) is 1.30. The van der Waals surface area contributed by atoms with Crippen molar-refractivity contribution in [3.8, 4) is 0 Å². The molecule has 4 rings (SSSR count). The Morgan fingerprint density at radius 2 is 2.08 bits per heavy atom. The summed E-state index contributed by atoms with van der Waals surface area (Å²) in [5, 5.41) is 7.61. The second-order valence-electron chi connectivity index (χ2n) is 6.58. The molecule has 1 atom stereocenters. The van der Waals surface area contributed by atoms with E-state index in [0.717, 1.165) is 18.4 Å². The van der Waals surface area contributed by atoms with Crippen LogP contribution in [0.3, 0.4) is 0 Å². The molecule has 0 spiro atoms. The van der Waals surface area contributed by atoms with Crippen molar-refractivity contribution in [1.82, 2.24) is 24.6 Å². The SMILES string of the molecule is Cn1nc(Br)c2c(=O)n(CC(=O)NC(c3ccccc3)C3CC3)cnc21. The maximum atomic E-state index is 12.7. The molecule has 1 fully saturated rings. The molecule has 1 aliphatic carbocycles. The molecule has 1 amide bonds. The number of nitrogens with one attached hydrogen (secondary N) is 1. The number of benzene rings is 1. The van der Waals surface area contributed by atoms with Gasteiger partial charge in [-0.2, -0.15) is 5.10 Å². The van der Waals surface area contributed by atoms with Gasteiger partial charge in [-0.25, -0.2) is 9.67 Å². The van der Waals surface area contributed by atoms with Crippen LogP contribution in [0, 0.1) is 5.92 Å². The van der Waals surface area contributed by atoms with E-state index in [1.807, 2.05) is 30.3 Å². The molecule has 3 aromatic rings. The zero-order valence-corrected chi connectivity index (χ0v) is 15.8. The Morgan fingerprint density at radius 1 is 1.35 bits per heavy atom. The van der Waals surface area contributed by atoms with Crippen LogP contribution >= 0.6 is 15.9 Å². The average Bonchev–Trinajstić information content (AvgIpc) is 3.42. The molecule has 7 nitrogen and oxygen atoms in total. The molecule has 1 saturated carbocycles. The molecule has 1 unspecified atom stereocenters. The first-order valence-electron chi connectivity index (χ1n) is 8.46. The first-order chi connectivity index (χ1) is 12.5. The largest absolute Gasteiger partial charge is 0.347 e. The smallest absolute Gasteiger partial charge is 0.266 e. The Hall–Kier alpha value is -2.48. The molecule has 8 heteroatoms. The van der Waals surface area contributed by atoms with E-state index in [1.165, 1.54) is 15.6 Å². The summed E-state index contributed by atoms with van der Waals surface area (Å²) < 4.78 is 3.28. The zero-order valence-electron chi connectivity index (χ0n) is 14.2. The van der Waals surface area contributed by atoms with Crippen LogP contribution in [0.1, 0.15) is 24.4 Å². The lowest BCUT2D eigenvalue weighted by Gasteiger charge is -2.19. The number of fused-ring (bicyclic) bond motifs is 1. The van der Waals surface area contributed by atoms with Crippen LogP contribution in [-0.2, 0) is 18.4 Å². The van der Waals surface area contributed by atoms with Crippen LogP contribution in [-0.4, -0.2) is 25.2 Å². The molecule has 0 bridgehead atoms. The van der Waals surface area contributed by atoms with Crippen molar-refractivity contribution >= 4 is 32.9 Å². The summed E-state index contributed by atoms with van der Waals surface area (Å²) >= 11 is 3.28. The fraction of sp³-hybridized carbons (Fsp3) is 0.333. The monoisotopic (exact) mass is 415 g/mol. The minimum Gasteiger partial charge on any atom is -0.347 e. The Morgan fingerprint density at radius 3 is 2.77 bits per heavy atom. The lowest BCUT2D eigenvalue weighted by Crippen LogP contribution is -2.35. The van der Waals surface area contributed by atoms with Crippen LogP contribution in [0.5, 0.6) is 0 Å². The molecule has 1 aromatic carbocycles. The van der Waals surface area contributed by atoms with Crippen LogP contribution in [0.4, 0.5) is 0 Å². The summed E-state index contributed by atoms with van der Waals surface area (Å²) in [4.78, 5) is 29.5. The predicted molar refractivity (Wildman–Crippen MR) is 101 cm³/mol. The van der Waals surface area contributed by atoms with E-state index >= 15 is 0 Å².